The largest absolute Gasteiger partial charge is 0.433 e. The first-order chi connectivity index (χ1) is 9.18. The molecule has 0 bridgehead atoms. The number of nitrogens with zero attached hydrogens (tertiary/aromatic N) is 2. The Hall–Kier alpha value is -1.61. The van der Waals surface area contributed by atoms with Crippen molar-refractivity contribution in [3.05, 3.63) is 11.8 Å². The van der Waals surface area contributed by atoms with Gasteiger partial charge in [-0.05, 0) is 11.8 Å². The second-order valence-corrected chi connectivity index (χ2v) is 5.10. The number of rotatable bonds is 6. The molecule has 0 spiro atoms. The first kappa shape index (κ1) is 16.4. The predicted molar refractivity (Wildman–Crippen MR) is 68.8 cm³/mol. The van der Waals surface area contributed by atoms with Gasteiger partial charge in [-0.1, -0.05) is 13.8 Å². The Bertz CT molecular complexity index is 450. The molecule has 6 nitrogen and oxygen atoms in total. The number of aliphatic hydroxyl groups excluding tert-OH is 1. The fraction of sp³-hybridized carbons (Fsp3) is 0.636. The molecule has 114 valence electrons. The summed E-state index contributed by atoms with van der Waals surface area (Å²) >= 11 is 0. The fourth-order valence-corrected chi connectivity index (χ4v) is 1.47. The first-order valence-corrected chi connectivity index (χ1v) is 5.95. The van der Waals surface area contributed by atoms with Gasteiger partial charge in [0.25, 0.3) is 0 Å². The monoisotopic (exact) mass is 293 g/mol. The Morgan fingerprint density at radius 1 is 1.30 bits per heavy atom. The van der Waals surface area contributed by atoms with Crippen LogP contribution in [0.15, 0.2) is 6.07 Å². The molecule has 0 saturated carbocycles. The maximum atomic E-state index is 12.7. The van der Waals surface area contributed by atoms with Crippen LogP contribution >= 0.6 is 0 Å². The summed E-state index contributed by atoms with van der Waals surface area (Å²) in [6.45, 7) is 4.11. The van der Waals surface area contributed by atoms with Crippen LogP contribution in [0.4, 0.5) is 24.9 Å². The van der Waals surface area contributed by atoms with Gasteiger partial charge >= 0.3 is 6.18 Å². The standard InChI is InChI=1S/C11H18F3N5O/c1-10(2,3-4-20)6-16-8-5-7(11(12,13)14)17-9(18-8)19-15/h5,20H,3-4,6,15H2,1-2H3,(H2,16,17,18,19). The zero-order chi connectivity index (χ0) is 15.4. The van der Waals surface area contributed by atoms with E-state index >= 15 is 0 Å². The molecular formula is C11H18F3N5O. The molecule has 0 aromatic carbocycles. The molecule has 0 aliphatic carbocycles. The SMILES string of the molecule is CC(C)(CCO)CNc1cc(C(F)(F)F)nc(NN)n1. The average molecular weight is 293 g/mol. The van der Waals surface area contributed by atoms with Gasteiger partial charge in [0, 0.05) is 19.2 Å². The summed E-state index contributed by atoms with van der Waals surface area (Å²) in [6, 6.07) is 0.815. The van der Waals surface area contributed by atoms with Crippen LogP contribution in [0.2, 0.25) is 0 Å². The lowest BCUT2D eigenvalue weighted by molar-refractivity contribution is -0.141. The van der Waals surface area contributed by atoms with E-state index in [1.165, 1.54) is 0 Å². The summed E-state index contributed by atoms with van der Waals surface area (Å²) in [6.07, 6.45) is -4.06. The van der Waals surface area contributed by atoms with E-state index in [2.05, 4.69) is 15.3 Å². The third-order valence-corrected chi connectivity index (χ3v) is 2.68. The molecule has 0 fully saturated rings. The summed E-state index contributed by atoms with van der Waals surface area (Å²) in [7, 11) is 0. The van der Waals surface area contributed by atoms with Crippen LogP contribution in [0.5, 0.6) is 0 Å². The number of aliphatic hydroxyl groups is 1. The number of hydrogen-bond donors (Lipinski definition) is 4. The molecule has 0 saturated heterocycles. The van der Waals surface area contributed by atoms with Crippen LogP contribution in [0, 0.1) is 5.41 Å². The quantitative estimate of drug-likeness (QED) is 0.470. The lowest BCUT2D eigenvalue weighted by Crippen LogP contribution is -2.25. The number of anilines is 2. The second-order valence-electron chi connectivity index (χ2n) is 5.10. The minimum absolute atomic E-state index is 0.00185. The van der Waals surface area contributed by atoms with Crippen molar-refractivity contribution in [3.63, 3.8) is 0 Å². The van der Waals surface area contributed by atoms with Crippen LogP contribution in [-0.2, 0) is 6.18 Å². The van der Waals surface area contributed by atoms with Crippen molar-refractivity contribution in [1.82, 2.24) is 9.97 Å². The maximum Gasteiger partial charge on any atom is 0.433 e. The van der Waals surface area contributed by atoms with E-state index in [4.69, 9.17) is 10.9 Å². The Kier molecular flexibility index (Phi) is 5.12. The molecule has 5 N–H and O–H groups in total. The van der Waals surface area contributed by atoms with E-state index in [0.717, 1.165) is 6.07 Å². The van der Waals surface area contributed by atoms with E-state index in [9.17, 15) is 13.2 Å². The highest BCUT2D eigenvalue weighted by molar-refractivity contribution is 5.42. The molecule has 1 heterocycles. The molecule has 0 atom stereocenters. The Morgan fingerprint density at radius 3 is 2.45 bits per heavy atom. The molecule has 0 aliphatic rings. The van der Waals surface area contributed by atoms with E-state index in [1.54, 1.807) is 0 Å². The minimum Gasteiger partial charge on any atom is -0.396 e. The lowest BCUT2D eigenvalue weighted by atomic mass is 9.90. The molecule has 0 unspecified atom stereocenters. The van der Waals surface area contributed by atoms with Gasteiger partial charge in [-0.2, -0.15) is 18.2 Å². The molecule has 0 radical (unpaired) electrons. The molecular weight excluding hydrogens is 275 g/mol. The number of alkyl halides is 3. The molecule has 9 heteroatoms. The van der Waals surface area contributed by atoms with Crippen molar-refractivity contribution in [3.8, 4) is 0 Å². The van der Waals surface area contributed by atoms with Crippen molar-refractivity contribution < 1.29 is 18.3 Å². The summed E-state index contributed by atoms with van der Waals surface area (Å²) in [5.74, 6) is 4.76. The Labute approximate surface area is 114 Å². The molecule has 0 aliphatic heterocycles. The van der Waals surface area contributed by atoms with Crippen molar-refractivity contribution in [2.45, 2.75) is 26.4 Å². The summed E-state index contributed by atoms with van der Waals surface area (Å²) < 4.78 is 38.0. The average Bonchev–Trinajstić information content (AvgIpc) is 2.35. The van der Waals surface area contributed by atoms with Crippen molar-refractivity contribution in [1.29, 1.82) is 0 Å². The number of aromatic nitrogens is 2. The number of hydrazine groups is 1. The van der Waals surface area contributed by atoms with Gasteiger partial charge in [-0.25, -0.2) is 10.8 Å². The van der Waals surface area contributed by atoms with Gasteiger partial charge in [0.15, 0.2) is 5.69 Å². The highest BCUT2D eigenvalue weighted by Crippen LogP contribution is 2.30. The van der Waals surface area contributed by atoms with Gasteiger partial charge in [0.1, 0.15) is 5.82 Å². The third-order valence-electron chi connectivity index (χ3n) is 2.68. The normalized spacial score (nSPS) is 12.3. The van der Waals surface area contributed by atoms with Gasteiger partial charge in [0.05, 0.1) is 0 Å². The number of hydrogen-bond acceptors (Lipinski definition) is 6. The molecule has 0 amide bonds. The zero-order valence-electron chi connectivity index (χ0n) is 11.3. The second kappa shape index (κ2) is 6.23. The lowest BCUT2D eigenvalue weighted by Gasteiger charge is -2.24. The van der Waals surface area contributed by atoms with E-state index in [0.29, 0.717) is 13.0 Å². The topological polar surface area (TPSA) is 96.1 Å². The van der Waals surface area contributed by atoms with Crippen molar-refractivity contribution in [2.75, 3.05) is 23.9 Å². The Morgan fingerprint density at radius 2 is 1.95 bits per heavy atom. The van der Waals surface area contributed by atoms with Crippen molar-refractivity contribution >= 4 is 11.8 Å². The van der Waals surface area contributed by atoms with Gasteiger partial charge < -0.3 is 10.4 Å². The van der Waals surface area contributed by atoms with E-state index in [-0.39, 0.29) is 23.8 Å². The van der Waals surface area contributed by atoms with Crippen LogP contribution in [0.25, 0.3) is 0 Å². The smallest absolute Gasteiger partial charge is 0.396 e. The maximum absolute atomic E-state index is 12.7. The zero-order valence-corrected chi connectivity index (χ0v) is 11.3. The number of nitrogens with two attached hydrogens (primary N) is 1. The summed E-state index contributed by atoms with van der Waals surface area (Å²) in [5.41, 5.74) is 0.636. The molecule has 20 heavy (non-hydrogen) atoms. The van der Waals surface area contributed by atoms with E-state index < -0.39 is 11.9 Å². The van der Waals surface area contributed by atoms with Crippen molar-refractivity contribution in [2.24, 2.45) is 11.3 Å². The fourth-order valence-electron chi connectivity index (χ4n) is 1.47. The first-order valence-electron chi connectivity index (χ1n) is 5.95. The van der Waals surface area contributed by atoms with Gasteiger partial charge in [-0.15, -0.1) is 0 Å². The molecule has 1 aromatic rings. The number of halogens is 3. The third kappa shape index (κ3) is 4.82. The van der Waals surface area contributed by atoms with Crippen LogP contribution in [0.1, 0.15) is 26.0 Å². The molecule has 1 rings (SSSR count). The highest BCUT2D eigenvalue weighted by Gasteiger charge is 2.33. The van der Waals surface area contributed by atoms with Gasteiger partial charge in [0.2, 0.25) is 5.95 Å². The highest BCUT2D eigenvalue weighted by atomic mass is 19.4. The van der Waals surface area contributed by atoms with Gasteiger partial charge in [-0.3, -0.25) is 5.43 Å². The minimum atomic E-state index is -4.58. The van der Waals surface area contributed by atoms with Crippen LogP contribution in [0.3, 0.4) is 0 Å². The summed E-state index contributed by atoms with van der Waals surface area (Å²) in [5, 5.41) is 11.7. The number of nitrogen functional groups attached to an aromatic ring is 1. The Balaban J connectivity index is 2.90. The molecule has 1 aromatic heterocycles. The number of nitrogens with one attached hydrogen (secondary N) is 2. The van der Waals surface area contributed by atoms with Crippen LogP contribution in [-0.4, -0.2) is 28.2 Å². The summed E-state index contributed by atoms with van der Waals surface area (Å²) in [4.78, 5) is 7.06. The van der Waals surface area contributed by atoms with Crippen LogP contribution < -0.4 is 16.6 Å². The van der Waals surface area contributed by atoms with E-state index in [1.807, 2.05) is 19.3 Å². The predicted octanol–water partition coefficient (Wildman–Crippen LogP) is 1.60.